The van der Waals surface area contributed by atoms with Crippen LogP contribution in [0, 0.1) is 24.3 Å². The van der Waals surface area contributed by atoms with E-state index in [-0.39, 0.29) is 107 Å². The molecule has 0 saturated carbocycles. The van der Waals surface area contributed by atoms with Gasteiger partial charge in [0.25, 0.3) is 0 Å². The van der Waals surface area contributed by atoms with Gasteiger partial charge in [-0.15, -0.1) is 119 Å². The minimum absolute atomic E-state index is 0. The van der Waals surface area contributed by atoms with Crippen molar-refractivity contribution in [2.24, 2.45) is 0 Å². The maximum absolute atomic E-state index is 10.2. The summed E-state index contributed by atoms with van der Waals surface area (Å²) in [7, 11) is 0. The molecule has 8 aromatic heterocycles. The third-order valence-corrected chi connectivity index (χ3v) is 19.9. The number of anilines is 12. The molecule has 0 radical (unpaired) electrons. The van der Waals surface area contributed by atoms with Crippen molar-refractivity contribution in [2.45, 2.75) is 0 Å². The largest absolute Gasteiger partial charge is 0.507 e. The molecule has 0 bridgehead atoms. The minimum atomic E-state index is 0. The fourth-order valence-electron chi connectivity index (χ4n) is 13.9. The van der Waals surface area contributed by atoms with Crippen molar-refractivity contribution in [1.29, 1.82) is 0 Å². The van der Waals surface area contributed by atoms with Crippen LogP contribution in [0.3, 0.4) is 0 Å². The number of aromatic nitrogens is 13. The van der Waals surface area contributed by atoms with E-state index in [1.54, 1.807) is 116 Å². The molecule has 0 atom stereocenters. The first-order chi connectivity index (χ1) is 63.2. The van der Waals surface area contributed by atoms with Crippen LogP contribution in [0.15, 0.2) is 432 Å². The molecular formula is C107H75N17O4Pt4-4. The molecule has 0 aliphatic rings. The summed E-state index contributed by atoms with van der Waals surface area (Å²) in [5.74, 6) is 5.62. The van der Waals surface area contributed by atoms with E-state index in [0.717, 1.165) is 85.5 Å². The molecule has 20 rings (SSSR count). The fraction of sp³-hybridized carbons (Fsp3) is 0. The van der Waals surface area contributed by atoms with Gasteiger partial charge in [0.05, 0.1) is 40.4 Å². The topological polar surface area (TPSA) is 261 Å². The molecule has 4 N–H and O–H groups in total. The minimum Gasteiger partial charge on any atom is -0.507 e. The van der Waals surface area contributed by atoms with Gasteiger partial charge in [-0.2, -0.15) is 0 Å². The van der Waals surface area contributed by atoms with Crippen molar-refractivity contribution >= 4 is 68.8 Å². The summed E-state index contributed by atoms with van der Waals surface area (Å²) < 4.78 is 0. The first-order valence-electron chi connectivity index (χ1n) is 40.6. The number of nitrogens with zero attached hydrogens (tertiary/aromatic N) is 17. The molecule has 25 heteroatoms. The van der Waals surface area contributed by atoms with Gasteiger partial charge in [-0.05, 0) is 180 Å². The van der Waals surface area contributed by atoms with Gasteiger partial charge in [0.2, 0.25) is 0 Å². The van der Waals surface area contributed by atoms with Crippen LogP contribution in [0.4, 0.5) is 68.8 Å². The summed E-state index contributed by atoms with van der Waals surface area (Å²) in [6.45, 7) is 0. The van der Waals surface area contributed by atoms with Crippen LogP contribution in [-0.4, -0.2) is 85.2 Å². The van der Waals surface area contributed by atoms with Crippen molar-refractivity contribution in [3.8, 4) is 114 Å². The van der Waals surface area contributed by atoms with Gasteiger partial charge >= 0.3 is 0 Å². The Bertz CT molecular complexity index is 6080. The Morgan fingerprint density at radius 1 is 0.197 bits per heavy atom. The smallest absolute Gasteiger partial charge is 0.157 e. The van der Waals surface area contributed by atoms with E-state index < -0.39 is 0 Å². The van der Waals surface area contributed by atoms with E-state index in [1.165, 1.54) is 6.33 Å². The van der Waals surface area contributed by atoms with Crippen molar-refractivity contribution < 1.29 is 105 Å². The Morgan fingerprint density at radius 2 is 0.485 bits per heavy atom. The van der Waals surface area contributed by atoms with Gasteiger partial charge in [0.15, 0.2) is 11.6 Å². The number of para-hydroxylation sites is 8. The fourth-order valence-corrected chi connectivity index (χ4v) is 13.9. The maximum Gasteiger partial charge on any atom is 0.157 e. The van der Waals surface area contributed by atoms with Gasteiger partial charge < -0.3 is 40.0 Å². The first kappa shape index (κ1) is 94.3. The van der Waals surface area contributed by atoms with E-state index in [9.17, 15) is 20.4 Å². The number of benzene rings is 12. The Kier molecular flexibility index (Phi) is 33.3. The van der Waals surface area contributed by atoms with E-state index in [1.807, 2.05) is 324 Å². The van der Waals surface area contributed by atoms with Crippen molar-refractivity contribution in [3.63, 3.8) is 0 Å². The zero-order valence-corrected chi connectivity index (χ0v) is 78.7. The van der Waals surface area contributed by atoms with Crippen LogP contribution in [0.5, 0.6) is 23.0 Å². The Morgan fingerprint density at radius 3 is 0.864 bits per heavy atom. The van der Waals surface area contributed by atoms with Gasteiger partial charge in [-0.25, -0.2) is 29.9 Å². The molecule has 0 fully saturated rings. The van der Waals surface area contributed by atoms with Crippen LogP contribution < -0.4 is 19.6 Å². The molecule has 12 aromatic carbocycles. The maximum atomic E-state index is 10.2. The number of aromatic hydroxyl groups is 4. The number of hydrogen-bond acceptors (Lipinski definition) is 21. The predicted molar refractivity (Wildman–Crippen MR) is 501 cm³/mol. The summed E-state index contributed by atoms with van der Waals surface area (Å²) >= 11 is 0. The second-order valence-electron chi connectivity index (χ2n) is 28.3. The third-order valence-electron chi connectivity index (χ3n) is 19.9. The molecule has 21 nitrogen and oxygen atoms in total. The SMILES string of the molecule is Oc1ccccc1-c1ccnc(-c2[c-]c(N(c3ccccc3)c3ccccn3)ccc2)n1.Oc1ccccc1-c1cncc(-c2[c-]c(N(c3ccccc3)c3ccccn3)ccc2)n1.Oc1ccccc1-c1nccc(-c2[c-]c(N(c3ccccc3)c3ccccn3)ccc2)n1.Oc1ccccc1-c1ncnc(-c2[c-]c(N(c3ccccc3)c3ccccn3)ccc2)n1.[Pt].[Pt].[Pt].[Pt]. The predicted octanol–water partition coefficient (Wildman–Crippen LogP) is 24.1. The summed E-state index contributed by atoms with van der Waals surface area (Å²) in [6, 6.07) is 133. The summed E-state index contributed by atoms with van der Waals surface area (Å²) in [5, 5.41) is 40.8. The molecule has 0 aliphatic carbocycles. The molecule has 0 amide bonds. The number of pyridine rings is 4. The standard InChI is InChI=1S/3C27H19N4O.C26H18N5O.4Pt/c32-25-14-5-4-13-23(25)24-16-18-29-27(30-24)20-9-8-12-22(19-20)31(21-10-2-1-3-11-21)26-15-6-7-17-28-26;32-25-14-5-4-13-23(25)27-29-18-16-24(30-27)20-9-8-12-22(19-20)31(21-10-2-1-3-11-21)26-15-6-7-17-28-26;32-26-14-5-4-13-23(26)25-19-28-18-24(30-25)20-9-8-12-22(17-20)31(21-10-2-1-3-11-21)27-15-6-7-16-29-27;32-23-14-5-4-13-22(23)26-29-18-28-25(30-26)19-9-8-12-21(17-19)31(20-10-2-1-3-11-20)24-15-6-7-16-27-24;;;;/h2*1-18,32H;1-16,18-19,32H;1-16,18,32H;;;;/q4*-1;;;;. The monoisotopic (exact) mass is 2440 g/mol. The molecule has 0 unspecified atom stereocenters. The third kappa shape index (κ3) is 23.2. The molecular weight excluding hydrogens is 2370 g/mol. The van der Waals surface area contributed by atoms with E-state index >= 15 is 0 Å². The van der Waals surface area contributed by atoms with Crippen LogP contribution in [0.1, 0.15) is 0 Å². The molecule has 132 heavy (non-hydrogen) atoms. The Balaban J connectivity index is 0.000000148. The summed E-state index contributed by atoms with van der Waals surface area (Å²) in [6.07, 6.45) is 15.3. The van der Waals surface area contributed by atoms with Gasteiger partial charge in [-0.1, -0.05) is 152 Å². The van der Waals surface area contributed by atoms with Crippen LogP contribution >= 0.6 is 0 Å². The summed E-state index contributed by atoms with van der Waals surface area (Å²) in [5.41, 5.74) is 15.3. The zero-order chi connectivity index (χ0) is 87.0. The van der Waals surface area contributed by atoms with E-state index in [0.29, 0.717) is 73.9 Å². The van der Waals surface area contributed by atoms with Gasteiger partial charge in [-0.3, -0.25) is 34.9 Å². The molecule has 656 valence electrons. The average molecular weight is 2440 g/mol. The Hall–Kier alpha value is -15.4. The van der Waals surface area contributed by atoms with Crippen LogP contribution in [-0.2, 0) is 84.3 Å². The first-order valence-corrected chi connectivity index (χ1v) is 40.6. The molecule has 20 aromatic rings. The normalized spacial score (nSPS) is 10.3. The van der Waals surface area contributed by atoms with Crippen molar-refractivity contribution in [2.75, 3.05) is 19.6 Å². The number of phenols is 4. The number of phenolic OH excluding ortho intramolecular Hbond substituents is 4. The molecule has 0 spiro atoms. The molecule has 0 aliphatic heterocycles. The van der Waals surface area contributed by atoms with E-state index in [2.05, 4.69) is 89.0 Å². The average Bonchev–Trinajstić information content (AvgIpc) is 0.806. The van der Waals surface area contributed by atoms with Gasteiger partial charge in [0, 0.05) is 167 Å². The number of hydrogen-bond donors (Lipinski definition) is 4. The second-order valence-corrected chi connectivity index (χ2v) is 28.3. The second kappa shape index (κ2) is 46.6. The molecule has 0 saturated heterocycles. The molecule has 8 heterocycles. The Labute approximate surface area is 820 Å². The van der Waals surface area contributed by atoms with Crippen LogP contribution in [0.25, 0.3) is 90.6 Å². The number of rotatable bonds is 20. The van der Waals surface area contributed by atoms with Crippen molar-refractivity contribution in [1.82, 2.24) is 64.8 Å². The summed E-state index contributed by atoms with van der Waals surface area (Å²) in [4.78, 5) is 66.7. The quantitative estimate of drug-likeness (QED) is 0.0517. The zero-order valence-electron chi connectivity index (χ0n) is 69.6. The van der Waals surface area contributed by atoms with Gasteiger partial charge in [0.1, 0.15) is 52.6 Å². The van der Waals surface area contributed by atoms with Crippen LogP contribution in [0.2, 0.25) is 0 Å². The van der Waals surface area contributed by atoms with E-state index in [4.69, 9.17) is 4.98 Å². The van der Waals surface area contributed by atoms with Crippen molar-refractivity contribution in [3.05, 3.63) is 456 Å².